The first kappa shape index (κ1) is 12.9. The van der Waals surface area contributed by atoms with Gasteiger partial charge < -0.3 is 16.4 Å². The minimum Gasteiger partial charge on any atom is -0.327 e. The van der Waals surface area contributed by atoms with Gasteiger partial charge in [0.2, 0.25) is 0 Å². The first-order valence-corrected chi connectivity index (χ1v) is 5.56. The van der Waals surface area contributed by atoms with E-state index in [0.29, 0.717) is 6.04 Å². The van der Waals surface area contributed by atoms with Gasteiger partial charge in [0, 0.05) is 12.6 Å². The van der Waals surface area contributed by atoms with Gasteiger partial charge in [0.1, 0.15) is 0 Å². The quantitative estimate of drug-likeness (QED) is 0.523. The highest BCUT2D eigenvalue weighted by molar-refractivity contribution is 4.72. The van der Waals surface area contributed by atoms with E-state index in [2.05, 4.69) is 10.6 Å². The molecule has 2 saturated heterocycles. The maximum atomic E-state index is 5.47. The molecule has 2 heterocycles. The SMILES string of the molecule is C1CCNC1.CC.NC1CCNC1. The Labute approximate surface area is 82.5 Å². The molecule has 0 radical (unpaired) electrons. The van der Waals surface area contributed by atoms with Crippen molar-refractivity contribution >= 4 is 0 Å². The molecule has 2 aliphatic rings. The molecule has 2 aliphatic heterocycles. The highest BCUT2D eigenvalue weighted by Gasteiger charge is 2.06. The Balaban J connectivity index is 0.000000189. The third-order valence-electron chi connectivity index (χ3n) is 2.06. The van der Waals surface area contributed by atoms with Gasteiger partial charge in [0.25, 0.3) is 0 Å². The van der Waals surface area contributed by atoms with E-state index in [9.17, 15) is 0 Å². The van der Waals surface area contributed by atoms with Gasteiger partial charge in [-0.1, -0.05) is 13.8 Å². The number of hydrogen-bond acceptors (Lipinski definition) is 3. The molecule has 2 fully saturated rings. The van der Waals surface area contributed by atoms with Crippen LogP contribution in [0.4, 0.5) is 0 Å². The molecule has 0 aromatic heterocycles. The van der Waals surface area contributed by atoms with E-state index in [1.54, 1.807) is 0 Å². The third-order valence-corrected chi connectivity index (χ3v) is 2.06. The second kappa shape index (κ2) is 9.96. The van der Waals surface area contributed by atoms with E-state index in [0.717, 1.165) is 19.5 Å². The van der Waals surface area contributed by atoms with Crippen molar-refractivity contribution in [3.8, 4) is 0 Å². The summed E-state index contributed by atoms with van der Waals surface area (Å²) in [5.74, 6) is 0. The Hall–Kier alpha value is -0.120. The zero-order valence-electron chi connectivity index (χ0n) is 9.10. The van der Waals surface area contributed by atoms with Gasteiger partial charge >= 0.3 is 0 Å². The van der Waals surface area contributed by atoms with Gasteiger partial charge in [-0.3, -0.25) is 0 Å². The maximum Gasteiger partial charge on any atom is 0.0177 e. The van der Waals surface area contributed by atoms with E-state index in [1.165, 1.54) is 25.9 Å². The van der Waals surface area contributed by atoms with Crippen molar-refractivity contribution in [3.63, 3.8) is 0 Å². The number of nitrogens with one attached hydrogen (secondary N) is 2. The number of rotatable bonds is 0. The lowest BCUT2D eigenvalue weighted by Gasteiger charge is -1.91. The molecule has 13 heavy (non-hydrogen) atoms. The number of hydrogen-bond donors (Lipinski definition) is 3. The third kappa shape index (κ3) is 8.22. The van der Waals surface area contributed by atoms with E-state index >= 15 is 0 Å². The maximum absolute atomic E-state index is 5.47. The Morgan fingerprint density at radius 2 is 1.62 bits per heavy atom. The molecule has 3 nitrogen and oxygen atoms in total. The largest absolute Gasteiger partial charge is 0.327 e. The summed E-state index contributed by atoms with van der Waals surface area (Å²) >= 11 is 0. The minimum atomic E-state index is 0.435. The van der Waals surface area contributed by atoms with Crippen LogP contribution in [0.1, 0.15) is 33.1 Å². The van der Waals surface area contributed by atoms with Crippen molar-refractivity contribution in [2.24, 2.45) is 5.73 Å². The van der Waals surface area contributed by atoms with Crippen LogP contribution in [-0.2, 0) is 0 Å². The summed E-state index contributed by atoms with van der Waals surface area (Å²) in [5.41, 5.74) is 5.47. The molecule has 3 heteroatoms. The Kier molecular flexibility index (Phi) is 9.87. The van der Waals surface area contributed by atoms with Crippen LogP contribution < -0.4 is 16.4 Å². The zero-order valence-corrected chi connectivity index (χ0v) is 9.10. The van der Waals surface area contributed by atoms with Crippen LogP contribution in [0.25, 0.3) is 0 Å². The summed E-state index contributed by atoms with van der Waals surface area (Å²) in [6, 6.07) is 0.435. The summed E-state index contributed by atoms with van der Waals surface area (Å²) in [6.45, 7) is 8.63. The van der Waals surface area contributed by atoms with Crippen molar-refractivity contribution < 1.29 is 0 Å². The molecular weight excluding hydrogens is 162 g/mol. The summed E-state index contributed by atoms with van der Waals surface area (Å²) in [7, 11) is 0. The van der Waals surface area contributed by atoms with Crippen LogP contribution in [0.2, 0.25) is 0 Å². The van der Waals surface area contributed by atoms with Gasteiger partial charge in [0.05, 0.1) is 0 Å². The smallest absolute Gasteiger partial charge is 0.0177 e. The van der Waals surface area contributed by atoms with Gasteiger partial charge in [0.15, 0.2) is 0 Å². The average molecular weight is 187 g/mol. The molecule has 0 spiro atoms. The van der Waals surface area contributed by atoms with Crippen LogP contribution in [0.5, 0.6) is 0 Å². The highest BCUT2D eigenvalue weighted by Crippen LogP contribution is 1.90. The molecule has 0 aromatic rings. The predicted octanol–water partition coefficient (Wildman–Crippen LogP) is 0.703. The van der Waals surface area contributed by atoms with Gasteiger partial charge in [-0.15, -0.1) is 0 Å². The second-order valence-electron chi connectivity index (χ2n) is 3.21. The van der Waals surface area contributed by atoms with E-state index in [-0.39, 0.29) is 0 Å². The molecule has 1 unspecified atom stereocenters. The Morgan fingerprint density at radius 1 is 1.00 bits per heavy atom. The zero-order chi connectivity index (χ0) is 9.94. The molecular formula is C10H25N3. The standard InChI is InChI=1S/C4H10N2.C4H9N.C2H6/c5-4-1-2-6-3-4;1-2-4-5-3-1;1-2/h4,6H,1-3,5H2;5H,1-4H2;1-2H3. The average Bonchev–Trinajstić information content (AvgIpc) is 2.81. The number of nitrogens with two attached hydrogens (primary N) is 1. The minimum absolute atomic E-state index is 0.435. The first-order chi connectivity index (χ1) is 6.39. The van der Waals surface area contributed by atoms with Crippen molar-refractivity contribution in [2.75, 3.05) is 26.2 Å². The molecule has 4 N–H and O–H groups in total. The van der Waals surface area contributed by atoms with Crippen LogP contribution in [0, 0.1) is 0 Å². The normalized spacial score (nSPS) is 25.6. The molecule has 1 atom stereocenters. The van der Waals surface area contributed by atoms with Gasteiger partial charge in [-0.05, 0) is 38.9 Å². The molecule has 0 amide bonds. The van der Waals surface area contributed by atoms with Crippen molar-refractivity contribution in [1.82, 2.24) is 10.6 Å². The summed E-state index contributed by atoms with van der Waals surface area (Å²) in [4.78, 5) is 0. The summed E-state index contributed by atoms with van der Waals surface area (Å²) in [6.07, 6.45) is 3.93. The highest BCUT2D eigenvalue weighted by atomic mass is 14.9. The van der Waals surface area contributed by atoms with Gasteiger partial charge in [-0.25, -0.2) is 0 Å². The van der Waals surface area contributed by atoms with Crippen LogP contribution in [-0.4, -0.2) is 32.2 Å². The Morgan fingerprint density at radius 3 is 1.77 bits per heavy atom. The Bertz CT molecular complexity index is 78.6. The van der Waals surface area contributed by atoms with Crippen LogP contribution in [0.3, 0.4) is 0 Å². The fourth-order valence-electron chi connectivity index (χ4n) is 1.30. The monoisotopic (exact) mass is 187 g/mol. The second-order valence-corrected chi connectivity index (χ2v) is 3.21. The molecule has 0 bridgehead atoms. The van der Waals surface area contributed by atoms with Gasteiger partial charge in [-0.2, -0.15) is 0 Å². The lowest BCUT2D eigenvalue weighted by Crippen LogP contribution is -2.21. The predicted molar refractivity (Wildman–Crippen MR) is 58.9 cm³/mol. The van der Waals surface area contributed by atoms with Crippen LogP contribution in [0.15, 0.2) is 0 Å². The summed E-state index contributed by atoms with van der Waals surface area (Å²) < 4.78 is 0. The van der Waals surface area contributed by atoms with Crippen molar-refractivity contribution in [2.45, 2.75) is 39.2 Å². The fraction of sp³-hybridized carbons (Fsp3) is 1.00. The topological polar surface area (TPSA) is 50.1 Å². The molecule has 0 saturated carbocycles. The van der Waals surface area contributed by atoms with E-state index in [4.69, 9.17) is 5.73 Å². The molecule has 0 aromatic carbocycles. The van der Waals surface area contributed by atoms with Crippen molar-refractivity contribution in [1.29, 1.82) is 0 Å². The lowest BCUT2D eigenvalue weighted by molar-refractivity contribution is 0.742. The first-order valence-electron chi connectivity index (χ1n) is 5.56. The van der Waals surface area contributed by atoms with E-state index < -0.39 is 0 Å². The molecule has 0 aliphatic carbocycles. The molecule has 80 valence electrons. The molecule has 2 rings (SSSR count). The van der Waals surface area contributed by atoms with Crippen LogP contribution >= 0.6 is 0 Å². The fourth-order valence-corrected chi connectivity index (χ4v) is 1.30. The van der Waals surface area contributed by atoms with Crippen molar-refractivity contribution in [3.05, 3.63) is 0 Å². The lowest BCUT2D eigenvalue weighted by atomic mass is 10.3. The summed E-state index contributed by atoms with van der Waals surface area (Å²) in [5, 5.41) is 6.37. The van der Waals surface area contributed by atoms with E-state index in [1.807, 2.05) is 13.8 Å².